The van der Waals surface area contributed by atoms with E-state index in [1.165, 1.54) is 22.1 Å². The molecule has 2 heterocycles. The minimum Gasteiger partial charge on any atom is -0.493 e. The summed E-state index contributed by atoms with van der Waals surface area (Å²) in [5, 5.41) is 0. The van der Waals surface area contributed by atoms with Crippen molar-refractivity contribution >= 4 is 22.1 Å². The minimum absolute atomic E-state index is 0.596. The third-order valence-corrected chi connectivity index (χ3v) is 8.76. The molecule has 0 aliphatic carbocycles. The van der Waals surface area contributed by atoms with Crippen LogP contribution in [0.3, 0.4) is 0 Å². The van der Waals surface area contributed by atoms with Gasteiger partial charge >= 0.3 is 0 Å². The molecule has 250 valence electrons. The molecule has 0 saturated carbocycles. The molecule has 10 heteroatoms. The molecule has 0 amide bonds. The maximum atomic E-state index is 5.60. The highest BCUT2D eigenvalue weighted by atomic mass is 16.5. The first-order chi connectivity index (χ1) is 23.5. The van der Waals surface area contributed by atoms with Crippen molar-refractivity contribution in [1.29, 1.82) is 0 Å². The Kier molecular flexibility index (Phi) is 9.89. The highest BCUT2D eigenvalue weighted by molar-refractivity contribution is 5.72. The van der Waals surface area contributed by atoms with Crippen LogP contribution in [0.1, 0.15) is 24.0 Å². The van der Waals surface area contributed by atoms with Gasteiger partial charge in [0.15, 0.2) is 45.1 Å². The van der Waals surface area contributed by atoms with Crippen molar-refractivity contribution in [3.05, 3.63) is 96.6 Å². The monoisotopic (exact) mass is 652 g/mol. The highest BCUT2D eigenvalue weighted by Gasteiger charge is 2.21. The van der Waals surface area contributed by atoms with Gasteiger partial charge in [0.2, 0.25) is 24.2 Å². The van der Waals surface area contributed by atoms with E-state index in [1.54, 1.807) is 42.7 Å². The fourth-order valence-corrected chi connectivity index (χ4v) is 6.50. The molecule has 0 fully saturated rings. The molecule has 0 atom stereocenters. The van der Waals surface area contributed by atoms with E-state index in [-0.39, 0.29) is 0 Å². The molecular formula is C38H44N4O6+2. The molecule has 6 aromatic rings. The van der Waals surface area contributed by atoms with Gasteiger partial charge in [0.05, 0.1) is 55.7 Å². The van der Waals surface area contributed by atoms with Gasteiger partial charge in [-0.25, -0.2) is 18.3 Å². The van der Waals surface area contributed by atoms with Gasteiger partial charge in [-0.05, 0) is 61.4 Å². The van der Waals surface area contributed by atoms with Gasteiger partial charge in [0.1, 0.15) is 13.1 Å². The molecule has 2 aromatic heterocycles. The number of aromatic nitrogens is 4. The number of hydrogen-bond donors (Lipinski definition) is 0. The second-order valence-electron chi connectivity index (χ2n) is 11.6. The van der Waals surface area contributed by atoms with Gasteiger partial charge in [0, 0.05) is 11.1 Å². The molecule has 6 rings (SSSR count). The molecule has 0 N–H and O–H groups in total. The molecule has 4 aromatic carbocycles. The molecule has 0 bridgehead atoms. The van der Waals surface area contributed by atoms with Gasteiger partial charge in [-0.1, -0.05) is 24.3 Å². The van der Waals surface area contributed by atoms with Crippen molar-refractivity contribution in [2.45, 2.75) is 39.0 Å². The summed E-state index contributed by atoms with van der Waals surface area (Å²) in [4.78, 5) is 0. The fraction of sp³-hybridized carbons (Fsp3) is 0.316. The van der Waals surface area contributed by atoms with Crippen LogP contribution in [0.2, 0.25) is 0 Å². The Morgan fingerprint density at radius 2 is 0.833 bits per heavy atom. The van der Waals surface area contributed by atoms with Crippen LogP contribution in [0.4, 0.5) is 0 Å². The number of nitrogens with zero attached hydrogens (tertiary/aromatic N) is 4. The van der Waals surface area contributed by atoms with Crippen molar-refractivity contribution in [2.75, 3.05) is 42.7 Å². The lowest BCUT2D eigenvalue weighted by Crippen LogP contribution is -2.33. The zero-order valence-corrected chi connectivity index (χ0v) is 28.6. The lowest BCUT2D eigenvalue weighted by molar-refractivity contribution is -0.663. The summed E-state index contributed by atoms with van der Waals surface area (Å²) >= 11 is 0. The Hall–Kier alpha value is -5.38. The third kappa shape index (κ3) is 6.43. The predicted molar refractivity (Wildman–Crippen MR) is 184 cm³/mol. The molecule has 0 radical (unpaired) electrons. The van der Waals surface area contributed by atoms with Crippen molar-refractivity contribution < 1.29 is 37.6 Å². The van der Waals surface area contributed by atoms with Crippen LogP contribution in [0, 0.1) is 0 Å². The zero-order chi connectivity index (χ0) is 33.6. The number of benzene rings is 4. The summed E-state index contributed by atoms with van der Waals surface area (Å²) < 4.78 is 42.7. The maximum Gasteiger partial charge on any atom is 0.245 e. The number of aryl methyl sites for hydroxylation is 2. The molecule has 0 unspecified atom stereocenters. The topological polar surface area (TPSA) is 73.0 Å². The van der Waals surface area contributed by atoms with Crippen molar-refractivity contribution in [3.63, 3.8) is 0 Å². The predicted octanol–water partition coefficient (Wildman–Crippen LogP) is 5.80. The van der Waals surface area contributed by atoms with Crippen LogP contribution in [0.25, 0.3) is 22.1 Å². The zero-order valence-electron chi connectivity index (χ0n) is 28.6. The Labute approximate surface area is 281 Å². The SMILES string of the molecule is COc1cc(C[n+]2cn(CCCCn3c[n+](Cc4cc(OC)c(OC)c(OC)c4)c4ccccc43)c3ccccc32)cc(OC)c1OC. The van der Waals surface area contributed by atoms with Crippen LogP contribution >= 0.6 is 0 Å². The van der Waals surface area contributed by atoms with Gasteiger partial charge in [-0.2, -0.15) is 0 Å². The minimum atomic E-state index is 0.596. The van der Waals surface area contributed by atoms with Gasteiger partial charge < -0.3 is 28.4 Å². The molecule has 48 heavy (non-hydrogen) atoms. The van der Waals surface area contributed by atoms with Crippen molar-refractivity contribution in [3.8, 4) is 34.5 Å². The quantitative estimate of drug-likeness (QED) is 0.103. The normalized spacial score (nSPS) is 11.2. The maximum absolute atomic E-state index is 5.60. The number of hydrogen-bond acceptors (Lipinski definition) is 6. The second-order valence-corrected chi connectivity index (χ2v) is 11.6. The summed E-state index contributed by atoms with van der Waals surface area (Å²) in [5.41, 5.74) is 6.90. The van der Waals surface area contributed by atoms with E-state index in [1.807, 2.05) is 24.3 Å². The first-order valence-corrected chi connectivity index (χ1v) is 16.0. The van der Waals surface area contributed by atoms with Gasteiger partial charge in [-0.3, -0.25) is 0 Å². The molecule has 0 saturated heterocycles. The number of imidazole rings is 2. The second kappa shape index (κ2) is 14.6. The van der Waals surface area contributed by atoms with Crippen molar-refractivity contribution in [1.82, 2.24) is 9.13 Å². The summed E-state index contributed by atoms with van der Waals surface area (Å²) in [7, 11) is 9.82. The largest absolute Gasteiger partial charge is 0.493 e. The summed E-state index contributed by atoms with van der Waals surface area (Å²) in [5.74, 6) is 3.80. The van der Waals surface area contributed by atoms with E-state index in [0.717, 1.165) is 37.1 Å². The average molecular weight is 653 g/mol. The average Bonchev–Trinajstić information content (AvgIpc) is 3.66. The van der Waals surface area contributed by atoms with Gasteiger partial charge in [-0.15, -0.1) is 0 Å². The van der Waals surface area contributed by atoms with Crippen molar-refractivity contribution in [2.24, 2.45) is 0 Å². The standard InChI is InChI=1S/C38H44N4O6/c1-43-33-19-27(20-34(44-2)37(33)47-5)23-41-25-39(29-13-7-9-15-31(29)41)17-11-12-18-40-26-42(32-16-10-8-14-30(32)40)24-28-21-35(45-3)38(48-6)36(22-28)46-4/h7-10,13-16,19-22,25-26H,11-12,17-18,23-24H2,1-6H3/q+2. The van der Waals surface area contributed by atoms with Gasteiger partial charge in [0.25, 0.3) is 0 Å². The van der Waals surface area contributed by atoms with E-state index < -0.39 is 0 Å². The Morgan fingerprint density at radius 3 is 1.17 bits per heavy atom. The van der Waals surface area contributed by atoms with E-state index in [4.69, 9.17) is 28.4 Å². The number of methoxy groups -OCH3 is 6. The van der Waals surface area contributed by atoms with E-state index >= 15 is 0 Å². The number of fused-ring (bicyclic) bond motifs is 2. The van der Waals surface area contributed by atoms with Crippen LogP contribution < -0.4 is 37.6 Å². The number of ether oxygens (including phenoxy) is 6. The molecule has 0 aliphatic rings. The Bertz CT molecular complexity index is 1840. The van der Waals surface area contributed by atoms with Crippen LogP contribution in [0.5, 0.6) is 34.5 Å². The first-order valence-electron chi connectivity index (χ1n) is 16.0. The molecule has 10 nitrogen and oxygen atoms in total. The lowest BCUT2D eigenvalue weighted by atomic mass is 10.1. The number of unbranched alkanes of at least 4 members (excludes halogenated alkanes) is 1. The third-order valence-electron chi connectivity index (χ3n) is 8.76. The molecule has 0 spiro atoms. The molecule has 0 aliphatic heterocycles. The van der Waals surface area contributed by atoms with Crippen LogP contribution in [-0.4, -0.2) is 51.8 Å². The summed E-state index contributed by atoms with van der Waals surface area (Å²) in [6.45, 7) is 3.16. The van der Waals surface area contributed by atoms with Crippen LogP contribution in [0.15, 0.2) is 85.5 Å². The number of rotatable bonds is 15. The summed E-state index contributed by atoms with van der Waals surface area (Å²) in [6.07, 6.45) is 6.49. The Balaban J connectivity index is 1.18. The summed E-state index contributed by atoms with van der Waals surface area (Å²) in [6, 6.07) is 25.1. The van der Waals surface area contributed by atoms with Crippen LogP contribution in [-0.2, 0) is 26.2 Å². The molecular weight excluding hydrogens is 608 g/mol. The smallest absolute Gasteiger partial charge is 0.245 e. The van der Waals surface area contributed by atoms with E-state index in [9.17, 15) is 0 Å². The highest BCUT2D eigenvalue weighted by Crippen LogP contribution is 2.39. The number of para-hydroxylation sites is 4. The lowest BCUT2D eigenvalue weighted by Gasteiger charge is -2.13. The van der Waals surface area contributed by atoms with E-state index in [2.05, 4.69) is 79.5 Å². The fourth-order valence-electron chi connectivity index (χ4n) is 6.50. The first kappa shape index (κ1) is 32.6. The Morgan fingerprint density at radius 1 is 0.479 bits per heavy atom. The van der Waals surface area contributed by atoms with E-state index in [0.29, 0.717) is 47.6 Å².